The molecule has 21 heavy (non-hydrogen) atoms. The van der Waals surface area contributed by atoms with Crippen molar-refractivity contribution in [2.75, 3.05) is 13.2 Å². The largest absolute Gasteiger partial charge is 0.481 e. The van der Waals surface area contributed by atoms with Gasteiger partial charge in [-0.2, -0.15) is 0 Å². The summed E-state index contributed by atoms with van der Waals surface area (Å²) in [6, 6.07) is 17.4. The zero-order valence-electron chi connectivity index (χ0n) is 11.8. The molecule has 1 atom stereocenters. The Morgan fingerprint density at radius 1 is 1.14 bits per heavy atom. The summed E-state index contributed by atoms with van der Waals surface area (Å²) in [5.74, 6) is 3.20. The van der Waals surface area contributed by atoms with Gasteiger partial charge in [-0.15, -0.1) is 6.42 Å². The Kier molecular flexibility index (Phi) is 5.83. The predicted molar refractivity (Wildman–Crippen MR) is 83.9 cm³/mol. The molecule has 0 spiro atoms. The lowest BCUT2D eigenvalue weighted by molar-refractivity contribution is 0.174. The Hall–Kier alpha value is -2.28. The van der Waals surface area contributed by atoms with E-state index in [1.165, 1.54) is 0 Å². The van der Waals surface area contributed by atoms with Gasteiger partial charge in [0.05, 0.1) is 6.10 Å². The maximum Gasteiger partial charge on any atom is 0.148 e. The summed E-state index contributed by atoms with van der Waals surface area (Å²) in [6.45, 7) is 1.43. The molecular weight excluding hydrogens is 262 g/mol. The molecule has 0 aromatic heterocycles. The first-order valence-electron chi connectivity index (χ1n) is 6.88. The van der Waals surface area contributed by atoms with E-state index < -0.39 is 6.10 Å². The number of aliphatic hydroxyl groups excluding tert-OH is 1. The second-order valence-corrected chi connectivity index (χ2v) is 4.70. The number of benzene rings is 2. The number of nitrogens with one attached hydrogen (secondary N) is 1. The Labute approximate surface area is 125 Å². The van der Waals surface area contributed by atoms with Gasteiger partial charge in [-0.25, -0.2) is 0 Å². The van der Waals surface area contributed by atoms with Crippen molar-refractivity contribution in [1.82, 2.24) is 5.32 Å². The van der Waals surface area contributed by atoms with Gasteiger partial charge < -0.3 is 15.2 Å². The van der Waals surface area contributed by atoms with Crippen molar-refractivity contribution in [2.45, 2.75) is 12.6 Å². The summed E-state index contributed by atoms with van der Waals surface area (Å²) in [6.07, 6.45) is 4.66. The third kappa shape index (κ3) is 4.96. The molecule has 3 nitrogen and oxygen atoms in total. The van der Waals surface area contributed by atoms with Crippen LogP contribution in [0.1, 0.15) is 17.2 Å². The Morgan fingerprint density at radius 2 is 1.95 bits per heavy atom. The second kappa shape index (κ2) is 8.11. The Balaban J connectivity index is 1.82. The highest BCUT2D eigenvalue weighted by Gasteiger charge is 2.06. The molecule has 2 rings (SSSR count). The Morgan fingerprint density at radius 3 is 2.71 bits per heavy atom. The van der Waals surface area contributed by atoms with E-state index in [4.69, 9.17) is 11.2 Å². The van der Waals surface area contributed by atoms with Crippen molar-refractivity contribution in [3.8, 4) is 18.1 Å². The highest BCUT2D eigenvalue weighted by atomic mass is 16.5. The zero-order chi connectivity index (χ0) is 14.9. The van der Waals surface area contributed by atoms with E-state index >= 15 is 0 Å². The molecule has 0 aliphatic carbocycles. The molecule has 0 saturated heterocycles. The minimum absolute atomic E-state index is 0.267. The average Bonchev–Trinajstić information content (AvgIpc) is 2.54. The van der Waals surface area contributed by atoms with Gasteiger partial charge in [-0.05, 0) is 23.3 Å². The minimum Gasteiger partial charge on any atom is -0.481 e. The highest BCUT2D eigenvalue weighted by Crippen LogP contribution is 2.14. The summed E-state index contributed by atoms with van der Waals surface area (Å²) >= 11 is 0. The van der Waals surface area contributed by atoms with E-state index in [0.717, 1.165) is 16.9 Å². The fraction of sp³-hybridized carbons (Fsp3) is 0.222. The van der Waals surface area contributed by atoms with Crippen molar-refractivity contribution >= 4 is 0 Å². The van der Waals surface area contributed by atoms with Crippen LogP contribution in [0.3, 0.4) is 0 Å². The molecule has 0 fully saturated rings. The van der Waals surface area contributed by atoms with Crippen molar-refractivity contribution in [3.63, 3.8) is 0 Å². The van der Waals surface area contributed by atoms with Crippen LogP contribution in [0.2, 0.25) is 0 Å². The first-order chi connectivity index (χ1) is 10.3. The van der Waals surface area contributed by atoms with Crippen LogP contribution in [0.4, 0.5) is 0 Å². The van der Waals surface area contributed by atoms with Gasteiger partial charge in [0.2, 0.25) is 0 Å². The molecular formula is C18H19NO2. The molecule has 0 aliphatic heterocycles. The fourth-order valence-corrected chi connectivity index (χ4v) is 2.02. The van der Waals surface area contributed by atoms with Gasteiger partial charge >= 0.3 is 0 Å². The van der Waals surface area contributed by atoms with Crippen LogP contribution < -0.4 is 10.1 Å². The topological polar surface area (TPSA) is 41.5 Å². The molecule has 1 unspecified atom stereocenters. The number of terminal acetylenes is 1. The predicted octanol–water partition coefficient (Wildman–Crippen LogP) is 2.52. The van der Waals surface area contributed by atoms with Crippen LogP contribution in [0.25, 0.3) is 0 Å². The number of hydrogen-bond donors (Lipinski definition) is 2. The van der Waals surface area contributed by atoms with E-state index in [1.807, 2.05) is 54.6 Å². The summed E-state index contributed by atoms with van der Waals surface area (Å²) < 4.78 is 5.38. The molecule has 0 bridgehead atoms. The maximum atomic E-state index is 10.1. The lowest BCUT2D eigenvalue weighted by atomic mass is 10.1. The van der Waals surface area contributed by atoms with Gasteiger partial charge in [-0.1, -0.05) is 48.4 Å². The molecule has 2 aromatic carbocycles. The third-order valence-electron chi connectivity index (χ3n) is 3.07. The number of aliphatic hydroxyl groups is 1. The van der Waals surface area contributed by atoms with Gasteiger partial charge in [-0.3, -0.25) is 0 Å². The molecule has 0 radical (unpaired) electrons. The lowest BCUT2D eigenvalue weighted by Crippen LogP contribution is -2.21. The van der Waals surface area contributed by atoms with Gasteiger partial charge in [0.25, 0.3) is 0 Å². The molecule has 2 aromatic rings. The number of hydrogen-bond acceptors (Lipinski definition) is 3. The van der Waals surface area contributed by atoms with Crippen LogP contribution in [-0.4, -0.2) is 18.3 Å². The van der Waals surface area contributed by atoms with E-state index in [-0.39, 0.29) is 6.61 Å². The number of rotatable bonds is 7. The molecule has 0 saturated carbocycles. The summed E-state index contributed by atoms with van der Waals surface area (Å²) in [5.41, 5.74) is 2.00. The monoisotopic (exact) mass is 281 g/mol. The zero-order valence-corrected chi connectivity index (χ0v) is 11.8. The summed E-state index contributed by atoms with van der Waals surface area (Å²) in [7, 11) is 0. The van der Waals surface area contributed by atoms with Gasteiger partial charge in [0.15, 0.2) is 0 Å². The van der Waals surface area contributed by atoms with E-state index in [0.29, 0.717) is 13.1 Å². The molecule has 2 N–H and O–H groups in total. The number of ether oxygens (including phenoxy) is 1. The summed E-state index contributed by atoms with van der Waals surface area (Å²) in [4.78, 5) is 0. The van der Waals surface area contributed by atoms with Crippen LogP contribution in [0.15, 0.2) is 54.6 Å². The van der Waals surface area contributed by atoms with Gasteiger partial charge in [0, 0.05) is 13.1 Å². The molecule has 108 valence electrons. The quantitative estimate of drug-likeness (QED) is 0.766. The first kappa shape index (κ1) is 15.1. The second-order valence-electron chi connectivity index (χ2n) is 4.70. The molecule has 0 aliphatic rings. The molecule has 0 amide bonds. The minimum atomic E-state index is -0.507. The van der Waals surface area contributed by atoms with Crippen molar-refractivity contribution in [3.05, 3.63) is 65.7 Å². The lowest BCUT2D eigenvalue weighted by Gasteiger charge is -2.12. The highest BCUT2D eigenvalue weighted by molar-refractivity contribution is 5.28. The molecule has 3 heteroatoms. The maximum absolute atomic E-state index is 10.1. The average molecular weight is 281 g/mol. The van der Waals surface area contributed by atoms with E-state index in [9.17, 15) is 5.11 Å². The first-order valence-corrected chi connectivity index (χ1v) is 6.88. The molecule has 0 heterocycles. The van der Waals surface area contributed by atoms with Crippen LogP contribution in [0, 0.1) is 12.3 Å². The smallest absolute Gasteiger partial charge is 0.148 e. The van der Waals surface area contributed by atoms with Crippen LogP contribution >= 0.6 is 0 Å². The third-order valence-corrected chi connectivity index (χ3v) is 3.07. The fourth-order valence-electron chi connectivity index (χ4n) is 2.02. The van der Waals surface area contributed by atoms with Crippen LogP contribution in [-0.2, 0) is 6.54 Å². The SMILES string of the molecule is C#CCOc1cccc(CNCC(O)c2ccccc2)c1. The van der Waals surface area contributed by atoms with E-state index in [2.05, 4.69) is 11.2 Å². The van der Waals surface area contributed by atoms with Crippen molar-refractivity contribution in [2.24, 2.45) is 0 Å². The van der Waals surface area contributed by atoms with Crippen LogP contribution in [0.5, 0.6) is 5.75 Å². The van der Waals surface area contributed by atoms with Gasteiger partial charge in [0.1, 0.15) is 12.4 Å². The van der Waals surface area contributed by atoms with Crippen molar-refractivity contribution < 1.29 is 9.84 Å². The standard InChI is InChI=1S/C18H19NO2/c1-2-11-21-17-10-6-7-15(12-17)13-19-14-18(20)16-8-4-3-5-9-16/h1,3-10,12,18-20H,11,13-14H2. The summed E-state index contributed by atoms with van der Waals surface area (Å²) in [5, 5.41) is 13.3. The van der Waals surface area contributed by atoms with E-state index in [1.54, 1.807) is 0 Å². The normalized spacial score (nSPS) is 11.6. The Bertz CT molecular complexity index is 590. The van der Waals surface area contributed by atoms with Crippen molar-refractivity contribution in [1.29, 1.82) is 0 Å².